The van der Waals surface area contributed by atoms with Gasteiger partial charge in [-0.2, -0.15) is 9.57 Å². The van der Waals surface area contributed by atoms with Gasteiger partial charge in [-0.1, -0.05) is 48.5 Å². The van der Waals surface area contributed by atoms with Crippen LogP contribution < -0.4 is 5.32 Å². The molecule has 0 unspecified atom stereocenters. The van der Waals surface area contributed by atoms with Crippen molar-refractivity contribution in [3.05, 3.63) is 88.1 Å². The van der Waals surface area contributed by atoms with E-state index >= 15 is 0 Å². The highest BCUT2D eigenvalue weighted by molar-refractivity contribution is 7.89. The van der Waals surface area contributed by atoms with Gasteiger partial charge in [0.25, 0.3) is 0 Å². The van der Waals surface area contributed by atoms with Crippen LogP contribution in [-0.4, -0.2) is 56.3 Å². The van der Waals surface area contributed by atoms with Gasteiger partial charge in [-0.25, -0.2) is 8.42 Å². The zero-order valence-electron chi connectivity index (χ0n) is 17.9. The normalized spacial score (nSPS) is 15.7. The summed E-state index contributed by atoms with van der Waals surface area (Å²) in [4.78, 5) is 15.7. The van der Waals surface area contributed by atoms with Gasteiger partial charge < -0.3 is 4.90 Å². The third-order valence-electron chi connectivity index (χ3n) is 5.63. The number of thiophene rings is 1. The molecule has 170 valence electrons. The number of nitrogens with one attached hydrogen (secondary N) is 1. The molecular weight excluding hydrogens is 456 g/mol. The number of sulfonamides is 1. The highest BCUT2D eigenvalue weighted by Crippen LogP contribution is 2.26. The molecule has 0 aliphatic carbocycles. The number of amides is 1. The van der Waals surface area contributed by atoms with Crippen molar-refractivity contribution < 1.29 is 13.2 Å². The van der Waals surface area contributed by atoms with Gasteiger partial charge in [0.15, 0.2) is 0 Å². The van der Waals surface area contributed by atoms with Crippen LogP contribution in [0.2, 0.25) is 0 Å². The first-order chi connectivity index (χ1) is 16.0. The first-order valence-electron chi connectivity index (χ1n) is 10.6. The van der Waals surface area contributed by atoms with Gasteiger partial charge in [0, 0.05) is 31.1 Å². The van der Waals surface area contributed by atoms with Gasteiger partial charge in [0.05, 0.1) is 23.0 Å². The quantitative estimate of drug-likeness (QED) is 0.561. The van der Waals surface area contributed by atoms with Crippen LogP contribution in [0.5, 0.6) is 0 Å². The summed E-state index contributed by atoms with van der Waals surface area (Å²) in [5.74, 6) is -0.0676. The molecular formula is C24H24N4O3S2. The predicted molar refractivity (Wildman–Crippen MR) is 127 cm³/mol. The lowest BCUT2D eigenvalue weighted by Crippen LogP contribution is -2.52. The van der Waals surface area contributed by atoms with E-state index in [1.165, 1.54) is 16.4 Å². The molecule has 1 aromatic heterocycles. The van der Waals surface area contributed by atoms with E-state index in [2.05, 4.69) is 5.32 Å². The SMILES string of the molecule is N#Cc1ccccc1S(=O)(=O)N1CCN(C(=O)CN[C@@H](c2ccccc2)c2cccs2)CC1. The second kappa shape index (κ2) is 10.3. The summed E-state index contributed by atoms with van der Waals surface area (Å²) < 4.78 is 27.4. The second-order valence-corrected chi connectivity index (χ2v) is 10.5. The smallest absolute Gasteiger partial charge is 0.244 e. The van der Waals surface area contributed by atoms with Gasteiger partial charge in [-0.3, -0.25) is 10.1 Å². The summed E-state index contributed by atoms with van der Waals surface area (Å²) in [6.07, 6.45) is 0. The van der Waals surface area contributed by atoms with Gasteiger partial charge in [-0.15, -0.1) is 11.3 Å². The molecule has 0 radical (unpaired) electrons. The molecule has 0 bridgehead atoms. The van der Waals surface area contributed by atoms with Crippen molar-refractivity contribution in [1.29, 1.82) is 5.26 Å². The van der Waals surface area contributed by atoms with Crippen molar-refractivity contribution in [1.82, 2.24) is 14.5 Å². The van der Waals surface area contributed by atoms with Crippen molar-refractivity contribution in [2.75, 3.05) is 32.7 Å². The lowest BCUT2D eigenvalue weighted by Gasteiger charge is -2.34. The van der Waals surface area contributed by atoms with Crippen molar-refractivity contribution >= 4 is 27.3 Å². The molecule has 1 amide bonds. The number of hydrogen-bond donors (Lipinski definition) is 1. The number of carbonyl (C=O) groups excluding carboxylic acids is 1. The first kappa shape index (κ1) is 23.1. The average molecular weight is 481 g/mol. The summed E-state index contributed by atoms with van der Waals surface area (Å²) >= 11 is 1.63. The molecule has 2 aromatic carbocycles. The summed E-state index contributed by atoms with van der Waals surface area (Å²) in [7, 11) is -3.79. The lowest BCUT2D eigenvalue weighted by molar-refractivity contribution is -0.131. The highest BCUT2D eigenvalue weighted by Gasteiger charge is 2.31. The third-order valence-corrected chi connectivity index (χ3v) is 8.53. The van der Waals surface area contributed by atoms with Crippen LogP contribution in [0.3, 0.4) is 0 Å². The lowest BCUT2D eigenvalue weighted by atomic mass is 10.1. The minimum atomic E-state index is -3.79. The summed E-state index contributed by atoms with van der Waals surface area (Å²) in [5.41, 5.74) is 1.21. The Kier molecular flexibility index (Phi) is 7.20. The number of carbonyl (C=O) groups is 1. The number of hydrogen-bond acceptors (Lipinski definition) is 6. The fourth-order valence-electron chi connectivity index (χ4n) is 3.89. The molecule has 33 heavy (non-hydrogen) atoms. The largest absolute Gasteiger partial charge is 0.339 e. The molecule has 1 atom stereocenters. The third kappa shape index (κ3) is 5.15. The molecule has 7 nitrogen and oxygen atoms in total. The van der Waals surface area contributed by atoms with Crippen LogP contribution in [0.15, 0.2) is 77.0 Å². The Morgan fingerprint density at radius 2 is 1.70 bits per heavy atom. The average Bonchev–Trinajstić information content (AvgIpc) is 3.39. The monoisotopic (exact) mass is 480 g/mol. The molecule has 0 saturated carbocycles. The van der Waals surface area contributed by atoms with Gasteiger partial charge in [0.2, 0.25) is 15.9 Å². The molecule has 1 saturated heterocycles. The topological polar surface area (TPSA) is 93.5 Å². The van der Waals surface area contributed by atoms with Crippen molar-refractivity contribution in [2.24, 2.45) is 0 Å². The van der Waals surface area contributed by atoms with Crippen LogP contribution in [-0.2, 0) is 14.8 Å². The van der Waals surface area contributed by atoms with Crippen LogP contribution >= 0.6 is 11.3 Å². The molecule has 1 fully saturated rings. The Balaban J connectivity index is 1.38. The molecule has 1 aliphatic heterocycles. The summed E-state index contributed by atoms with van der Waals surface area (Å²) in [5, 5.41) is 14.6. The van der Waals surface area contributed by atoms with Crippen molar-refractivity contribution in [2.45, 2.75) is 10.9 Å². The zero-order chi connectivity index (χ0) is 23.3. The Morgan fingerprint density at radius 1 is 1.00 bits per heavy atom. The van der Waals surface area contributed by atoms with E-state index in [0.717, 1.165) is 10.4 Å². The predicted octanol–water partition coefficient (Wildman–Crippen LogP) is 2.83. The Morgan fingerprint density at radius 3 is 2.36 bits per heavy atom. The number of nitriles is 1. The highest BCUT2D eigenvalue weighted by atomic mass is 32.2. The van der Waals surface area contributed by atoms with E-state index < -0.39 is 10.0 Å². The Hall–Kier alpha value is -3.03. The first-order valence-corrected chi connectivity index (χ1v) is 12.9. The van der Waals surface area contributed by atoms with E-state index in [4.69, 9.17) is 0 Å². The maximum atomic E-state index is 13.0. The van der Waals surface area contributed by atoms with E-state index in [1.807, 2.05) is 53.9 Å². The van der Waals surface area contributed by atoms with Gasteiger partial charge in [-0.05, 0) is 29.1 Å². The van der Waals surface area contributed by atoms with Gasteiger partial charge in [0.1, 0.15) is 6.07 Å². The number of nitrogens with zero attached hydrogens (tertiary/aromatic N) is 3. The van der Waals surface area contributed by atoms with E-state index in [0.29, 0.717) is 13.1 Å². The maximum absolute atomic E-state index is 13.0. The number of piperazine rings is 1. The molecule has 3 aromatic rings. The number of rotatable bonds is 7. The maximum Gasteiger partial charge on any atom is 0.244 e. The standard InChI is InChI=1S/C24H24N4O3S2/c25-17-20-9-4-5-11-22(20)33(30,31)28-14-12-27(13-15-28)23(29)18-26-24(21-10-6-16-32-21)19-7-2-1-3-8-19/h1-11,16,24,26H,12-15,18H2/t24-/m0/s1. The molecule has 4 rings (SSSR count). The summed E-state index contributed by atoms with van der Waals surface area (Å²) in [6, 6.07) is 22.1. The van der Waals surface area contributed by atoms with E-state index in [1.54, 1.807) is 28.4 Å². The van der Waals surface area contributed by atoms with Crippen LogP contribution in [0.1, 0.15) is 22.0 Å². The second-order valence-electron chi connectivity index (χ2n) is 7.63. The zero-order valence-corrected chi connectivity index (χ0v) is 19.6. The molecule has 0 spiro atoms. The molecule has 1 aliphatic rings. The van der Waals surface area contributed by atoms with Crippen LogP contribution in [0.25, 0.3) is 0 Å². The minimum Gasteiger partial charge on any atom is -0.339 e. The summed E-state index contributed by atoms with van der Waals surface area (Å²) in [6.45, 7) is 1.16. The molecule has 2 heterocycles. The van der Waals surface area contributed by atoms with E-state index in [9.17, 15) is 18.5 Å². The molecule has 1 N–H and O–H groups in total. The van der Waals surface area contributed by atoms with Crippen molar-refractivity contribution in [3.63, 3.8) is 0 Å². The fourth-order valence-corrected chi connectivity index (χ4v) is 6.28. The van der Waals surface area contributed by atoms with E-state index in [-0.39, 0.29) is 42.0 Å². The van der Waals surface area contributed by atoms with Crippen LogP contribution in [0.4, 0.5) is 0 Å². The Bertz CT molecular complexity index is 1230. The fraction of sp³-hybridized carbons (Fsp3) is 0.250. The van der Waals surface area contributed by atoms with Crippen molar-refractivity contribution in [3.8, 4) is 6.07 Å². The number of benzene rings is 2. The Labute approximate surface area is 197 Å². The minimum absolute atomic E-state index is 0.00981. The van der Waals surface area contributed by atoms with Gasteiger partial charge >= 0.3 is 0 Å². The van der Waals surface area contributed by atoms with Crippen LogP contribution in [0, 0.1) is 11.3 Å². The molecule has 9 heteroatoms.